The quantitative estimate of drug-likeness (QED) is 0.730. The molecular formula is C19H18N4O3. The molecule has 7 nitrogen and oxygen atoms in total. The average Bonchev–Trinajstić information content (AvgIpc) is 2.63. The fourth-order valence-corrected chi connectivity index (χ4v) is 2.65. The predicted octanol–water partition coefficient (Wildman–Crippen LogP) is 1.84. The summed E-state index contributed by atoms with van der Waals surface area (Å²) in [5.74, 6) is 1.72. The Labute approximate surface area is 150 Å². The third-order valence-corrected chi connectivity index (χ3v) is 4.17. The molecule has 3 aromatic rings. The highest BCUT2D eigenvalue weighted by molar-refractivity contribution is 5.56. The second-order valence-electron chi connectivity index (χ2n) is 6.22. The number of ether oxygens (including phenoxy) is 2. The van der Waals surface area contributed by atoms with Gasteiger partial charge in [0.15, 0.2) is 11.6 Å². The van der Waals surface area contributed by atoms with Crippen molar-refractivity contribution in [2.24, 2.45) is 5.92 Å². The van der Waals surface area contributed by atoms with Gasteiger partial charge >= 0.3 is 0 Å². The van der Waals surface area contributed by atoms with Crippen LogP contribution in [0.2, 0.25) is 0 Å². The van der Waals surface area contributed by atoms with Gasteiger partial charge in [0.05, 0.1) is 32.2 Å². The van der Waals surface area contributed by atoms with Gasteiger partial charge < -0.3 is 9.47 Å². The molecule has 0 bridgehead atoms. The molecule has 0 amide bonds. The molecule has 132 valence electrons. The Hall–Kier alpha value is -3.06. The number of hydrogen-bond acceptors (Lipinski definition) is 6. The van der Waals surface area contributed by atoms with E-state index in [4.69, 9.17) is 9.47 Å². The van der Waals surface area contributed by atoms with E-state index in [0.717, 1.165) is 24.3 Å². The molecule has 2 aromatic heterocycles. The van der Waals surface area contributed by atoms with E-state index < -0.39 is 0 Å². The first-order valence-corrected chi connectivity index (χ1v) is 8.43. The van der Waals surface area contributed by atoms with E-state index >= 15 is 0 Å². The Morgan fingerprint density at radius 1 is 1.19 bits per heavy atom. The Morgan fingerprint density at radius 2 is 2.04 bits per heavy atom. The van der Waals surface area contributed by atoms with Gasteiger partial charge in [-0.1, -0.05) is 18.2 Å². The largest absolute Gasteiger partial charge is 0.490 e. The van der Waals surface area contributed by atoms with Crippen molar-refractivity contribution in [3.63, 3.8) is 0 Å². The van der Waals surface area contributed by atoms with Gasteiger partial charge in [0.2, 0.25) is 5.43 Å². The molecule has 1 aromatic carbocycles. The van der Waals surface area contributed by atoms with Crippen LogP contribution in [-0.4, -0.2) is 40.0 Å². The van der Waals surface area contributed by atoms with Crippen LogP contribution < -0.4 is 10.2 Å². The Balaban J connectivity index is 1.47. The third-order valence-electron chi connectivity index (χ3n) is 4.17. The van der Waals surface area contributed by atoms with Gasteiger partial charge in [0.25, 0.3) is 0 Å². The predicted molar refractivity (Wildman–Crippen MR) is 94.9 cm³/mol. The minimum absolute atomic E-state index is 0.0798. The maximum atomic E-state index is 11.8. The lowest BCUT2D eigenvalue weighted by Crippen LogP contribution is -2.32. The zero-order valence-electron chi connectivity index (χ0n) is 14.1. The fraction of sp³-hybridized carbons (Fsp3) is 0.263. The molecule has 0 unspecified atom stereocenters. The van der Waals surface area contributed by atoms with E-state index in [1.165, 1.54) is 12.3 Å². The van der Waals surface area contributed by atoms with Crippen molar-refractivity contribution in [1.82, 2.24) is 20.2 Å². The van der Waals surface area contributed by atoms with E-state index in [2.05, 4.69) is 20.2 Å². The van der Waals surface area contributed by atoms with Gasteiger partial charge in [0.1, 0.15) is 5.69 Å². The molecule has 1 saturated heterocycles. The third kappa shape index (κ3) is 3.78. The lowest BCUT2D eigenvalue weighted by atomic mass is 10.1. The highest BCUT2D eigenvalue weighted by atomic mass is 16.5. The Bertz CT molecular complexity index is 936. The number of aromatic amines is 1. The standard InChI is InChI=1S/C19H18N4O3/c24-18-4-5-22-23-17(18)7-13-2-1-3-15(6-13)19-20-8-16(9-21-19)26-12-14-10-25-11-14/h1-6,8-9,14H,7,10-12H2,(H,22,24). The van der Waals surface area contributed by atoms with Gasteiger partial charge in [-0.3, -0.25) is 9.89 Å². The zero-order valence-corrected chi connectivity index (χ0v) is 14.1. The lowest BCUT2D eigenvalue weighted by molar-refractivity contribution is -0.0509. The lowest BCUT2D eigenvalue weighted by Gasteiger charge is -2.25. The molecule has 4 rings (SSSR count). The summed E-state index contributed by atoms with van der Waals surface area (Å²) in [6, 6.07) is 9.26. The van der Waals surface area contributed by atoms with E-state index in [1.807, 2.05) is 24.3 Å². The van der Waals surface area contributed by atoms with E-state index in [9.17, 15) is 4.79 Å². The first-order chi connectivity index (χ1) is 12.8. The molecule has 0 aliphatic carbocycles. The highest BCUT2D eigenvalue weighted by Gasteiger charge is 2.19. The van der Waals surface area contributed by atoms with Gasteiger partial charge in [-0.15, -0.1) is 0 Å². The van der Waals surface area contributed by atoms with Crippen LogP contribution in [0, 0.1) is 5.92 Å². The summed E-state index contributed by atoms with van der Waals surface area (Å²) in [6.45, 7) is 2.13. The molecule has 0 saturated carbocycles. The van der Waals surface area contributed by atoms with Crippen LogP contribution in [0.4, 0.5) is 0 Å². The summed E-state index contributed by atoms with van der Waals surface area (Å²) in [5, 5.41) is 6.75. The molecular weight excluding hydrogens is 332 g/mol. The monoisotopic (exact) mass is 350 g/mol. The smallest absolute Gasteiger partial charge is 0.203 e. The zero-order chi connectivity index (χ0) is 17.8. The summed E-state index contributed by atoms with van der Waals surface area (Å²) in [4.78, 5) is 20.6. The van der Waals surface area contributed by atoms with Crippen molar-refractivity contribution in [1.29, 1.82) is 0 Å². The number of H-pyrrole nitrogens is 1. The first-order valence-electron chi connectivity index (χ1n) is 8.43. The van der Waals surface area contributed by atoms with Crippen molar-refractivity contribution >= 4 is 0 Å². The number of benzene rings is 1. The van der Waals surface area contributed by atoms with Crippen LogP contribution in [-0.2, 0) is 11.2 Å². The molecule has 1 N–H and O–H groups in total. The molecule has 0 radical (unpaired) electrons. The van der Waals surface area contributed by atoms with Gasteiger partial charge in [-0.05, 0) is 11.6 Å². The minimum Gasteiger partial charge on any atom is -0.490 e. The number of nitrogens with zero attached hydrogens (tertiary/aromatic N) is 3. The molecule has 1 aliphatic rings. The normalized spacial score (nSPS) is 14.0. The Kier molecular flexibility index (Phi) is 4.70. The second-order valence-corrected chi connectivity index (χ2v) is 6.22. The van der Waals surface area contributed by atoms with E-state index in [1.54, 1.807) is 12.4 Å². The molecule has 26 heavy (non-hydrogen) atoms. The fourth-order valence-electron chi connectivity index (χ4n) is 2.65. The number of aromatic nitrogens is 4. The molecule has 7 heteroatoms. The van der Waals surface area contributed by atoms with Crippen LogP contribution in [0.25, 0.3) is 11.4 Å². The van der Waals surface area contributed by atoms with Crippen molar-refractivity contribution in [3.8, 4) is 17.1 Å². The highest BCUT2D eigenvalue weighted by Crippen LogP contribution is 2.20. The minimum atomic E-state index is -0.0798. The molecule has 0 spiro atoms. The summed E-state index contributed by atoms with van der Waals surface area (Å²) in [6.07, 6.45) is 5.34. The van der Waals surface area contributed by atoms with Crippen molar-refractivity contribution in [2.75, 3.05) is 19.8 Å². The first kappa shape index (κ1) is 16.4. The van der Waals surface area contributed by atoms with Gasteiger partial charge in [-0.25, -0.2) is 9.97 Å². The van der Waals surface area contributed by atoms with Gasteiger partial charge in [0, 0.05) is 30.2 Å². The second kappa shape index (κ2) is 7.45. The Morgan fingerprint density at radius 3 is 2.77 bits per heavy atom. The molecule has 0 atom stereocenters. The van der Waals surface area contributed by atoms with Crippen molar-refractivity contribution in [3.05, 3.63) is 70.4 Å². The molecule has 3 heterocycles. The maximum Gasteiger partial charge on any atom is 0.203 e. The van der Waals surface area contributed by atoms with Crippen molar-refractivity contribution in [2.45, 2.75) is 6.42 Å². The summed E-state index contributed by atoms with van der Waals surface area (Å²) < 4.78 is 10.8. The van der Waals surface area contributed by atoms with Crippen LogP contribution in [0.15, 0.2) is 53.7 Å². The summed E-state index contributed by atoms with van der Waals surface area (Å²) >= 11 is 0. The SMILES string of the molecule is O=c1cc[nH]nc1Cc1cccc(-c2ncc(OCC3COC3)cn2)c1. The van der Waals surface area contributed by atoms with E-state index in [-0.39, 0.29) is 5.43 Å². The van der Waals surface area contributed by atoms with Crippen LogP contribution >= 0.6 is 0 Å². The topological polar surface area (TPSA) is 90.0 Å². The number of hydrogen-bond donors (Lipinski definition) is 1. The van der Waals surface area contributed by atoms with E-state index in [0.29, 0.717) is 36.2 Å². The summed E-state index contributed by atoms with van der Waals surface area (Å²) in [7, 11) is 0. The average molecular weight is 350 g/mol. The molecule has 1 fully saturated rings. The van der Waals surface area contributed by atoms with Crippen LogP contribution in [0.5, 0.6) is 5.75 Å². The molecule has 1 aliphatic heterocycles. The summed E-state index contributed by atoms with van der Waals surface area (Å²) in [5.41, 5.74) is 2.26. The van der Waals surface area contributed by atoms with Crippen molar-refractivity contribution < 1.29 is 9.47 Å². The number of rotatable bonds is 6. The number of nitrogens with one attached hydrogen (secondary N) is 1. The maximum absolute atomic E-state index is 11.8. The van der Waals surface area contributed by atoms with Crippen LogP contribution in [0.3, 0.4) is 0 Å². The van der Waals surface area contributed by atoms with Crippen LogP contribution in [0.1, 0.15) is 11.3 Å². The van der Waals surface area contributed by atoms with Gasteiger partial charge in [-0.2, -0.15) is 5.10 Å².